The van der Waals surface area contributed by atoms with E-state index in [-0.39, 0.29) is 0 Å². The van der Waals surface area contributed by atoms with Crippen LogP contribution in [0.3, 0.4) is 0 Å². The molecule has 0 saturated carbocycles. The van der Waals surface area contributed by atoms with Crippen LogP contribution in [-0.2, 0) is 11.3 Å². The van der Waals surface area contributed by atoms with Crippen molar-refractivity contribution in [3.8, 4) is 0 Å². The zero-order chi connectivity index (χ0) is 7.68. The Labute approximate surface area is 65.6 Å². The van der Waals surface area contributed by atoms with E-state index in [0.717, 1.165) is 0 Å². The number of rotatable bonds is 0. The molecular formula is C8H10N2O. The molecule has 1 aliphatic heterocycles. The molecule has 2 heterocycles. The molecule has 58 valence electrons. The lowest BCUT2D eigenvalue weighted by Gasteiger charge is -2.26. The zero-order valence-corrected chi connectivity index (χ0v) is 6.45. The summed E-state index contributed by atoms with van der Waals surface area (Å²) in [6.07, 6.45) is 3.66. The van der Waals surface area contributed by atoms with Gasteiger partial charge in [0.05, 0.1) is 6.61 Å². The van der Waals surface area contributed by atoms with Gasteiger partial charge in [-0.2, -0.15) is 0 Å². The topological polar surface area (TPSA) is 25.4 Å². The molecule has 0 fully saturated rings. The molecule has 0 saturated heterocycles. The van der Waals surface area contributed by atoms with Crippen LogP contribution < -0.4 is 4.90 Å². The summed E-state index contributed by atoms with van der Waals surface area (Å²) < 4.78 is 5.29. The second-order valence-electron chi connectivity index (χ2n) is 2.68. The Morgan fingerprint density at radius 1 is 1.64 bits per heavy atom. The summed E-state index contributed by atoms with van der Waals surface area (Å²) in [6.45, 7) is 1.37. The maximum atomic E-state index is 5.29. The third-order valence-corrected chi connectivity index (χ3v) is 1.83. The third-order valence-electron chi connectivity index (χ3n) is 1.83. The lowest BCUT2D eigenvalue weighted by molar-refractivity contribution is 0.113. The van der Waals surface area contributed by atoms with E-state index in [1.807, 2.05) is 19.3 Å². The molecule has 1 aromatic rings. The molecular weight excluding hydrogens is 140 g/mol. The number of anilines is 1. The van der Waals surface area contributed by atoms with Crippen LogP contribution in [-0.4, -0.2) is 18.8 Å². The van der Waals surface area contributed by atoms with Crippen molar-refractivity contribution in [3.05, 3.63) is 24.0 Å². The average molecular weight is 150 g/mol. The third kappa shape index (κ3) is 1.07. The largest absolute Gasteiger partial charge is 0.356 e. The maximum absolute atomic E-state index is 5.29. The van der Waals surface area contributed by atoms with Gasteiger partial charge in [-0.25, -0.2) is 0 Å². The molecule has 0 aromatic carbocycles. The molecule has 0 atom stereocenters. The van der Waals surface area contributed by atoms with Gasteiger partial charge in [-0.3, -0.25) is 4.98 Å². The van der Waals surface area contributed by atoms with Crippen LogP contribution >= 0.6 is 0 Å². The van der Waals surface area contributed by atoms with Crippen LogP contribution in [0.4, 0.5) is 5.69 Å². The van der Waals surface area contributed by atoms with Crippen molar-refractivity contribution in [2.75, 3.05) is 18.7 Å². The number of fused-ring (bicyclic) bond motifs is 1. The van der Waals surface area contributed by atoms with Gasteiger partial charge in [-0.1, -0.05) is 0 Å². The van der Waals surface area contributed by atoms with Gasteiger partial charge < -0.3 is 9.64 Å². The van der Waals surface area contributed by atoms with E-state index in [2.05, 4.69) is 9.88 Å². The van der Waals surface area contributed by atoms with Gasteiger partial charge in [0.25, 0.3) is 0 Å². The fourth-order valence-electron chi connectivity index (χ4n) is 1.27. The number of hydrogen-bond acceptors (Lipinski definition) is 3. The molecule has 0 amide bonds. The van der Waals surface area contributed by atoms with Gasteiger partial charge >= 0.3 is 0 Å². The van der Waals surface area contributed by atoms with Crippen LogP contribution in [0.2, 0.25) is 0 Å². The van der Waals surface area contributed by atoms with Crippen molar-refractivity contribution in [1.29, 1.82) is 0 Å². The predicted octanol–water partition coefficient (Wildman–Crippen LogP) is 1.01. The Balaban J connectivity index is 2.44. The molecule has 0 bridgehead atoms. The van der Waals surface area contributed by atoms with Crippen LogP contribution in [0.25, 0.3) is 0 Å². The van der Waals surface area contributed by atoms with Crippen molar-refractivity contribution >= 4 is 5.69 Å². The van der Waals surface area contributed by atoms with Gasteiger partial charge in [0, 0.05) is 30.7 Å². The van der Waals surface area contributed by atoms with E-state index in [1.165, 1.54) is 11.3 Å². The molecule has 1 aromatic heterocycles. The number of nitrogens with zero attached hydrogens (tertiary/aromatic N) is 2. The number of hydrogen-bond donors (Lipinski definition) is 0. The van der Waals surface area contributed by atoms with Crippen molar-refractivity contribution in [3.63, 3.8) is 0 Å². The molecule has 11 heavy (non-hydrogen) atoms. The Bertz CT molecular complexity index is 262. The first kappa shape index (κ1) is 6.61. The lowest BCUT2D eigenvalue weighted by atomic mass is 10.2. The summed E-state index contributed by atoms with van der Waals surface area (Å²) in [5, 5.41) is 0. The summed E-state index contributed by atoms with van der Waals surface area (Å²) in [4.78, 5) is 6.10. The highest BCUT2D eigenvalue weighted by atomic mass is 16.5. The summed E-state index contributed by atoms with van der Waals surface area (Å²) in [7, 11) is 2.01. The predicted molar refractivity (Wildman–Crippen MR) is 42.3 cm³/mol. The Hall–Kier alpha value is -1.09. The fourth-order valence-corrected chi connectivity index (χ4v) is 1.27. The van der Waals surface area contributed by atoms with Crippen LogP contribution in [0.1, 0.15) is 5.56 Å². The average Bonchev–Trinajstić information content (AvgIpc) is 2.06. The molecule has 0 unspecified atom stereocenters. The summed E-state index contributed by atoms with van der Waals surface area (Å²) in [5.74, 6) is 0. The first-order chi connectivity index (χ1) is 5.38. The highest BCUT2D eigenvalue weighted by Gasteiger charge is 2.12. The van der Waals surface area contributed by atoms with Gasteiger partial charge in [-0.05, 0) is 6.07 Å². The first-order valence-corrected chi connectivity index (χ1v) is 3.60. The van der Waals surface area contributed by atoms with Crippen molar-refractivity contribution in [1.82, 2.24) is 4.98 Å². The van der Waals surface area contributed by atoms with Crippen LogP contribution in [0.5, 0.6) is 0 Å². The van der Waals surface area contributed by atoms with Gasteiger partial charge in [0.15, 0.2) is 0 Å². The van der Waals surface area contributed by atoms with E-state index in [1.54, 1.807) is 6.20 Å². The SMILES string of the molecule is CN1COCc2cnccc21. The molecule has 3 heteroatoms. The molecule has 0 aliphatic carbocycles. The fraction of sp³-hybridized carbons (Fsp3) is 0.375. The number of pyridine rings is 1. The minimum atomic E-state index is 0.678. The Kier molecular flexibility index (Phi) is 1.51. The molecule has 2 rings (SSSR count). The molecule has 0 radical (unpaired) electrons. The zero-order valence-electron chi connectivity index (χ0n) is 6.45. The molecule has 0 N–H and O–H groups in total. The second-order valence-corrected chi connectivity index (χ2v) is 2.68. The van der Waals surface area contributed by atoms with E-state index >= 15 is 0 Å². The van der Waals surface area contributed by atoms with Crippen molar-refractivity contribution in [2.24, 2.45) is 0 Å². The van der Waals surface area contributed by atoms with E-state index in [9.17, 15) is 0 Å². The van der Waals surface area contributed by atoms with Crippen LogP contribution in [0, 0.1) is 0 Å². The molecule has 3 nitrogen and oxygen atoms in total. The van der Waals surface area contributed by atoms with Crippen molar-refractivity contribution < 1.29 is 4.74 Å². The minimum absolute atomic E-state index is 0.678. The van der Waals surface area contributed by atoms with Crippen molar-refractivity contribution in [2.45, 2.75) is 6.61 Å². The number of aromatic nitrogens is 1. The Morgan fingerprint density at radius 2 is 2.55 bits per heavy atom. The lowest BCUT2D eigenvalue weighted by Crippen LogP contribution is -2.26. The highest BCUT2D eigenvalue weighted by molar-refractivity contribution is 5.51. The van der Waals surface area contributed by atoms with E-state index in [4.69, 9.17) is 4.74 Å². The smallest absolute Gasteiger partial charge is 0.119 e. The van der Waals surface area contributed by atoms with Crippen LogP contribution in [0.15, 0.2) is 18.5 Å². The Morgan fingerprint density at radius 3 is 3.36 bits per heavy atom. The van der Waals surface area contributed by atoms with Gasteiger partial charge in [0.2, 0.25) is 0 Å². The van der Waals surface area contributed by atoms with Gasteiger partial charge in [-0.15, -0.1) is 0 Å². The van der Waals surface area contributed by atoms with E-state index in [0.29, 0.717) is 13.3 Å². The second kappa shape index (κ2) is 2.51. The maximum Gasteiger partial charge on any atom is 0.119 e. The highest BCUT2D eigenvalue weighted by Crippen LogP contribution is 2.22. The summed E-state index contributed by atoms with van der Waals surface area (Å²) in [6, 6.07) is 2.01. The summed E-state index contributed by atoms with van der Waals surface area (Å²) in [5.41, 5.74) is 2.40. The standard InChI is InChI=1S/C8H10N2O/c1-10-6-11-5-7-4-9-3-2-8(7)10/h2-4H,5-6H2,1H3. The van der Waals surface area contributed by atoms with E-state index < -0.39 is 0 Å². The minimum Gasteiger partial charge on any atom is -0.356 e. The molecule has 0 spiro atoms. The molecule has 1 aliphatic rings. The normalized spacial score (nSPS) is 16.3. The first-order valence-electron chi connectivity index (χ1n) is 3.60. The number of ether oxygens (including phenoxy) is 1. The quantitative estimate of drug-likeness (QED) is 0.551. The monoisotopic (exact) mass is 150 g/mol. The summed E-state index contributed by atoms with van der Waals surface area (Å²) >= 11 is 0. The van der Waals surface area contributed by atoms with Gasteiger partial charge in [0.1, 0.15) is 6.73 Å².